The highest BCUT2D eigenvalue weighted by Gasteiger charge is 2.84. The van der Waals surface area contributed by atoms with E-state index >= 15 is 0 Å². The van der Waals surface area contributed by atoms with Crippen LogP contribution in [-0.2, 0) is 38.0 Å². The number of ether oxygens (including phenoxy) is 6. The summed E-state index contributed by atoms with van der Waals surface area (Å²) in [5.74, 6) is -0.642. The first kappa shape index (κ1) is 20.4. The Bertz CT molecular complexity index is 824. The molecular weight excluding hydrogens is 404 g/mol. The van der Waals surface area contributed by atoms with Gasteiger partial charge in [-0.15, -0.1) is 0 Å². The normalized spacial score (nSPS) is 54.8. The van der Waals surface area contributed by atoms with Crippen LogP contribution in [0.4, 0.5) is 0 Å². The molecule has 8 heteroatoms. The summed E-state index contributed by atoms with van der Waals surface area (Å²) in [6.45, 7) is 4.80. The first-order chi connectivity index (χ1) is 14.7. The lowest BCUT2D eigenvalue weighted by molar-refractivity contribution is -0.311. The van der Waals surface area contributed by atoms with Gasteiger partial charge in [0.05, 0.1) is 24.2 Å². The summed E-state index contributed by atoms with van der Waals surface area (Å²) < 4.78 is 36.5. The van der Waals surface area contributed by atoms with Crippen LogP contribution in [-0.4, -0.2) is 68.1 Å². The van der Waals surface area contributed by atoms with Crippen molar-refractivity contribution in [3.8, 4) is 0 Å². The lowest BCUT2D eigenvalue weighted by Crippen LogP contribution is -2.76. The number of fused-ring (bicyclic) bond motifs is 1. The quantitative estimate of drug-likeness (QED) is 0.480. The van der Waals surface area contributed by atoms with Crippen molar-refractivity contribution in [2.45, 2.75) is 88.0 Å². The van der Waals surface area contributed by atoms with E-state index in [0.717, 1.165) is 32.1 Å². The number of rotatable bonds is 2. The fourth-order valence-corrected chi connectivity index (χ4v) is 8.21. The Morgan fingerprint density at radius 1 is 1.10 bits per heavy atom. The third-order valence-electron chi connectivity index (χ3n) is 9.44. The van der Waals surface area contributed by atoms with Crippen molar-refractivity contribution in [3.63, 3.8) is 0 Å². The summed E-state index contributed by atoms with van der Waals surface area (Å²) >= 11 is 0. The largest absolute Gasteiger partial charge is 0.465 e. The molecule has 2 bridgehead atoms. The molecule has 0 aromatic rings. The van der Waals surface area contributed by atoms with Gasteiger partial charge in [0, 0.05) is 38.2 Å². The molecule has 31 heavy (non-hydrogen) atoms. The van der Waals surface area contributed by atoms with Crippen molar-refractivity contribution in [1.82, 2.24) is 0 Å². The molecule has 8 nitrogen and oxygen atoms in total. The van der Waals surface area contributed by atoms with E-state index in [-0.39, 0.29) is 30.3 Å². The van der Waals surface area contributed by atoms with Gasteiger partial charge in [-0.05, 0) is 32.6 Å². The molecule has 0 unspecified atom stereocenters. The molecule has 3 spiro atoms. The minimum Gasteiger partial charge on any atom is -0.465 e. The van der Waals surface area contributed by atoms with E-state index in [2.05, 4.69) is 0 Å². The number of hydrogen-bond acceptors (Lipinski definition) is 8. The molecule has 6 aliphatic rings. The standard InChI is InChI=1S/C23H32O8/c1-14(24)30-15-9-22(13-29-22)23(8-7-20(31-23)10-16(26-3)27-11-20)21-6-4-5-19(2,17(15)21)18(25)28-12-21/h15-17H,4-13H2,1-3H3/t15-,16+,17-,19+,20-,21-,22-,23+/m1/s1. The average molecular weight is 437 g/mol. The molecule has 6 rings (SSSR count). The summed E-state index contributed by atoms with van der Waals surface area (Å²) in [6.07, 6.45) is 4.81. The molecule has 4 heterocycles. The number of cyclic esters (lactones) is 1. The molecular formula is C23H32O8. The second-order valence-electron chi connectivity index (χ2n) is 10.9. The van der Waals surface area contributed by atoms with Crippen LogP contribution in [0.5, 0.6) is 0 Å². The second kappa shape index (κ2) is 6.22. The average Bonchev–Trinajstić information content (AvgIpc) is 3.23. The molecule has 2 saturated carbocycles. The molecule has 0 aromatic heterocycles. The van der Waals surface area contributed by atoms with Crippen molar-refractivity contribution < 1.29 is 38.0 Å². The molecule has 0 N–H and O–H groups in total. The minimum atomic E-state index is -0.694. The van der Waals surface area contributed by atoms with Gasteiger partial charge in [0.25, 0.3) is 0 Å². The minimum absolute atomic E-state index is 0.149. The third kappa shape index (κ3) is 2.40. The van der Waals surface area contributed by atoms with E-state index < -0.39 is 27.6 Å². The molecule has 172 valence electrons. The van der Waals surface area contributed by atoms with Gasteiger partial charge in [-0.2, -0.15) is 0 Å². The lowest BCUT2D eigenvalue weighted by atomic mass is 9.41. The molecule has 8 atom stereocenters. The highest BCUT2D eigenvalue weighted by Crippen LogP contribution is 2.74. The fourth-order valence-electron chi connectivity index (χ4n) is 8.21. The van der Waals surface area contributed by atoms with Gasteiger partial charge in [0.2, 0.25) is 0 Å². The van der Waals surface area contributed by atoms with Gasteiger partial charge in [-0.1, -0.05) is 6.42 Å². The molecule has 6 fully saturated rings. The van der Waals surface area contributed by atoms with Crippen LogP contribution in [0.3, 0.4) is 0 Å². The molecule has 0 radical (unpaired) electrons. The topological polar surface area (TPSA) is 92.8 Å². The van der Waals surface area contributed by atoms with E-state index in [1.807, 2.05) is 6.92 Å². The summed E-state index contributed by atoms with van der Waals surface area (Å²) in [5.41, 5.74) is -2.66. The Morgan fingerprint density at radius 2 is 1.90 bits per heavy atom. The number of epoxide rings is 1. The third-order valence-corrected chi connectivity index (χ3v) is 9.44. The summed E-state index contributed by atoms with van der Waals surface area (Å²) in [4.78, 5) is 25.1. The lowest BCUT2D eigenvalue weighted by Gasteiger charge is -2.67. The molecule has 4 saturated heterocycles. The monoisotopic (exact) mass is 436 g/mol. The highest BCUT2D eigenvalue weighted by molar-refractivity contribution is 5.79. The molecule has 4 aliphatic heterocycles. The number of carbonyl (C=O) groups excluding carboxylic acids is 2. The first-order valence-corrected chi connectivity index (χ1v) is 11.6. The Balaban J connectivity index is 1.47. The maximum absolute atomic E-state index is 13.0. The zero-order valence-electron chi connectivity index (χ0n) is 18.6. The Labute approximate surface area is 182 Å². The fraction of sp³-hybridized carbons (Fsp3) is 0.913. The van der Waals surface area contributed by atoms with Crippen molar-refractivity contribution in [2.75, 3.05) is 26.9 Å². The number of carbonyl (C=O) groups is 2. The smallest absolute Gasteiger partial charge is 0.312 e. The zero-order chi connectivity index (χ0) is 21.7. The van der Waals surface area contributed by atoms with Gasteiger partial charge >= 0.3 is 11.9 Å². The van der Waals surface area contributed by atoms with Crippen LogP contribution in [0.25, 0.3) is 0 Å². The SMILES string of the molecule is CO[C@@H]1C[C@]2(CC[C@@]3(O2)[C@]2(CO2)C[C@@H](OC(C)=O)[C@H]2[C@]34CCC[C@]2(C)C(=O)OC4)CO1. The van der Waals surface area contributed by atoms with Crippen LogP contribution in [0.2, 0.25) is 0 Å². The Kier molecular flexibility index (Phi) is 4.09. The number of esters is 2. The van der Waals surface area contributed by atoms with Gasteiger partial charge in [-0.25, -0.2) is 0 Å². The summed E-state index contributed by atoms with van der Waals surface area (Å²) in [6, 6.07) is 0. The predicted octanol–water partition coefficient (Wildman–Crippen LogP) is 2.12. The number of methoxy groups -OCH3 is 1. The maximum atomic E-state index is 13.0. The highest BCUT2D eigenvalue weighted by atomic mass is 16.7. The summed E-state index contributed by atoms with van der Waals surface area (Å²) in [7, 11) is 1.66. The van der Waals surface area contributed by atoms with Crippen LogP contribution < -0.4 is 0 Å². The van der Waals surface area contributed by atoms with Crippen LogP contribution in [0.1, 0.15) is 58.8 Å². The summed E-state index contributed by atoms with van der Waals surface area (Å²) in [5, 5.41) is 0. The van der Waals surface area contributed by atoms with E-state index in [1.165, 1.54) is 6.92 Å². The molecule has 0 aromatic carbocycles. The first-order valence-electron chi connectivity index (χ1n) is 11.6. The number of hydrogen-bond donors (Lipinski definition) is 0. The van der Waals surface area contributed by atoms with Crippen molar-refractivity contribution in [3.05, 3.63) is 0 Å². The molecule has 2 aliphatic carbocycles. The van der Waals surface area contributed by atoms with E-state index in [4.69, 9.17) is 28.4 Å². The molecule has 0 amide bonds. The van der Waals surface area contributed by atoms with Crippen LogP contribution in [0, 0.1) is 16.7 Å². The Morgan fingerprint density at radius 3 is 2.58 bits per heavy atom. The van der Waals surface area contributed by atoms with Crippen molar-refractivity contribution in [1.29, 1.82) is 0 Å². The van der Waals surface area contributed by atoms with Gasteiger partial charge in [0.1, 0.15) is 23.9 Å². The van der Waals surface area contributed by atoms with E-state index in [1.54, 1.807) is 7.11 Å². The Hall–Kier alpha value is -1.22. The van der Waals surface area contributed by atoms with Crippen molar-refractivity contribution >= 4 is 11.9 Å². The van der Waals surface area contributed by atoms with Crippen molar-refractivity contribution in [2.24, 2.45) is 16.7 Å². The van der Waals surface area contributed by atoms with Gasteiger partial charge in [0.15, 0.2) is 6.29 Å². The van der Waals surface area contributed by atoms with Crippen LogP contribution >= 0.6 is 0 Å². The van der Waals surface area contributed by atoms with E-state index in [0.29, 0.717) is 32.7 Å². The zero-order valence-corrected chi connectivity index (χ0v) is 18.6. The van der Waals surface area contributed by atoms with Gasteiger partial charge < -0.3 is 28.4 Å². The maximum Gasteiger partial charge on any atom is 0.312 e. The van der Waals surface area contributed by atoms with E-state index in [9.17, 15) is 9.59 Å². The van der Waals surface area contributed by atoms with Crippen LogP contribution in [0.15, 0.2) is 0 Å². The van der Waals surface area contributed by atoms with Gasteiger partial charge in [-0.3, -0.25) is 9.59 Å². The predicted molar refractivity (Wildman–Crippen MR) is 105 cm³/mol. The second-order valence-corrected chi connectivity index (χ2v) is 10.9.